The molecule has 0 unspecified atom stereocenters. The van der Waals surface area contributed by atoms with Crippen molar-refractivity contribution in [1.29, 1.82) is 0 Å². The van der Waals surface area contributed by atoms with Crippen LogP contribution in [0.1, 0.15) is 34.6 Å². The largest absolute Gasteiger partial charge is 0.410 e. The maximum Gasteiger partial charge on any atom is 0.192 e. The first-order chi connectivity index (χ1) is 10.0. The zero-order valence-corrected chi connectivity index (χ0v) is 16.3. The summed E-state index contributed by atoms with van der Waals surface area (Å²) >= 11 is 0. The third kappa shape index (κ3) is 7.54. The van der Waals surface area contributed by atoms with Crippen molar-refractivity contribution in [2.24, 2.45) is 5.92 Å². The van der Waals surface area contributed by atoms with Gasteiger partial charge in [-0.1, -0.05) is 63.6 Å². The van der Waals surface area contributed by atoms with E-state index in [1.165, 1.54) is 0 Å². The molecule has 0 saturated carbocycles. The van der Waals surface area contributed by atoms with Crippen molar-refractivity contribution in [2.45, 2.75) is 58.9 Å². The Balaban J connectivity index is 5.21. The Morgan fingerprint density at radius 2 is 1.68 bits per heavy atom. The summed E-state index contributed by atoms with van der Waals surface area (Å²) in [6, 6.07) is 0. The van der Waals surface area contributed by atoms with Gasteiger partial charge >= 0.3 is 0 Å². The van der Waals surface area contributed by atoms with Crippen LogP contribution < -0.4 is 0 Å². The van der Waals surface area contributed by atoms with Crippen LogP contribution in [-0.2, 0) is 4.43 Å². The molecule has 2 N–H and O–H groups in total. The molecule has 0 radical (unpaired) electrons. The topological polar surface area (TPSA) is 49.7 Å². The second kappa shape index (κ2) is 9.45. The Morgan fingerprint density at radius 1 is 1.14 bits per heavy atom. The predicted octanol–water partition coefficient (Wildman–Crippen LogP) is 4.06. The molecule has 0 aromatic carbocycles. The van der Waals surface area contributed by atoms with Crippen LogP contribution in [0.25, 0.3) is 0 Å². The number of rotatable bonds is 8. The summed E-state index contributed by atoms with van der Waals surface area (Å²) in [5.74, 6) is 0.195. The fourth-order valence-electron chi connectivity index (χ4n) is 1.84. The molecule has 0 saturated heterocycles. The molecule has 128 valence electrons. The molecule has 0 amide bonds. The lowest BCUT2D eigenvalue weighted by atomic mass is 10.0. The van der Waals surface area contributed by atoms with Crippen molar-refractivity contribution in [3.8, 4) is 0 Å². The molecule has 0 fully saturated rings. The van der Waals surface area contributed by atoms with Crippen molar-refractivity contribution in [3.63, 3.8) is 0 Å². The Kier molecular flexibility index (Phi) is 9.16. The van der Waals surface area contributed by atoms with E-state index in [4.69, 9.17) is 14.6 Å². The minimum atomic E-state index is -1.88. The third-order valence-corrected chi connectivity index (χ3v) is 8.67. The minimum Gasteiger partial charge on any atom is -0.410 e. The number of aliphatic hydroxyl groups is 2. The molecule has 2 atom stereocenters. The molecule has 0 aromatic rings. The van der Waals surface area contributed by atoms with E-state index in [9.17, 15) is 0 Å². The summed E-state index contributed by atoms with van der Waals surface area (Å²) in [4.78, 5) is 0. The maximum absolute atomic E-state index is 9.07. The van der Waals surface area contributed by atoms with Crippen LogP contribution in [0.4, 0.5) is 0 Å². The number of hydrogen-bond donors (Lipinski definition) is 2. The molecule has 4 heteroatoms. The third-order valence-electron chi connectivity index (χ3n) is 4.20. The summed E-state index contributed by atoms with van der Waals surface area (Å²) in [5, 5.41) is 18.1. The van der Waals surface area contributed by atoms with Gasteiger partial charge in [0.1, 0.15) is 0 Å². The maximum atomic E-state index is 9.07. The van der Waals surface area contributed by atoms with Gasteiger partial charge in [-0.3, -0.25) is 0 Å². The Hall–Kier alpha value is -0.683. The quantitative estimate of drug-likeness (QED) is 0.402. The Morgan fingerprint density at radius 3 is 2.14 bits per heavy atom. The van der Waals surface area contributed by atoms with Crippen LogP contribution in [0.15, 0.2) is 36.0 Å². The highest BCUT2D eigenvalue weighted by Crippen LogP contribution is 2.38. The second-order valence-electron chi connectivity index (χ2n) is 7.31. The van der Waals surface area contributed by atoms with Crippen molar-refractivity contribution in [2.75, 3.05) is 13.2 Å². The average Bonchev–Trinajstić information content (AvgIpc) is 2.39. The standard InChI is InChI=1S/C18H34O3Si/c1-15(10-8-12-19)14-16(2)17(11-9-13-20)21-22(6,7)18(3,4)5/h8-11,14,16-17,19-20H,12-13H2,1-7H3/b10-8+,11-9+,15-14+/t16-,17-/m0/s1. The normalized spacial score (nSPS) is 17.4. The molecule has 0 aliphatic rings. The van der Waals surface area contributed by atoms with E-state index in [1.54, 1.807) is 12.2 Å². The van der Waals surface area contributed by atoms with Crippen LogP contribution in [0.3, 0.4) is 0 Å². The summed E-state index contributed by atoms with van der Waals surface area (Å²) < 4.78 is 6.49. The minimum absolute atomic E-state index is 0.0250. The van der Waals surface area contributed by atoms with Crippen LogP contribution in [0.5, 0.6) is 0 Å². The summed E-state index contributed by atoms with van der Waals surface area (Å²) in [7, 11) is -1.88. The highest BCUT2D eigenvalue weighted by Gasteiger charge is 2.39. The number of allylic oxidation sites excluding steroid dienone is 2. The van der Waals surface area contributed by atoms with Gasteiger partial charge in [-0.25, -0.2) is 0 Å². The molecular formula is C18H34O3Si. The van der Waals surface area contributed by atoms with Crippen LogP contribution in [0, 0.1) is 5.92 Å². The summed E-state index contributed by atoms with van der Waals surface area (Å²) in [6.07, 6.45) is 9.45. The smallest absolute Gasteiger partial charge is 0.192 e. The first-order valence-electron chi connectivity index (χ1n) is 7.96. The first-order valence-corrected chi connectivity index (χ1v) is 10.9. The fourth-order valence-corrected chi connectivity index (χ4v) is 3.16. The van der Waals surface area contributed by atoms with Crippen molar-refractivity contribution in [1.82, 2.24) is 0 Å². The first kappa shape index (κ1) is 21.3. The molecular weight excluding hydrogens is 292 g/mol. The lowest BCUT2D eigenvalue weighted by molar-refractivity contribution is 0.188. The molecule has 3 nitrogen and oxygen atoms in total. The zero-order valence-electron chi connectivity index (χ0n) is 15.3. The van der Waals surface area contributed by atoms with E-state index < -0.39 is 8.32 Å². The zero-order chi connectivity index (χ0) is 17.4. The van der Waals surface area contributed by atoms with E-state index in [1.807, 2.05) is 19.1 Å². The lowest BCUT2D eigenvalue weighted by Gasteiger charge is -2.39. The molecule has 0 bridgehead atoms. The van der Waals surface area contributed by atoms with Gasteiger partial charge in [-0.15, -0.1) is 0 Å². The second-order valence-corrected chi connectivity index (χ2v) is 12.1. The Labute approximate surface area is 137 Å². The Bertz CT molecular complexity index is 403. The number of aliphatic hydroxyl groups excluding tert-OH is 2. The summed E-state index contributed by atoms with van der Waals surface area (Å²) in [6.45, 7) is 15.4. The van der Waals surface area contributed by atoms with Crippen LogP contribution >= 0.6 is 0 Å². The van der Waals surface area contributed by atoms with E-state index in [0.29, 0.717) is 0 Å². The molecule has 0 rings (SSSR count). The van der Waals surface area contributed by atoms with E-state index in [0.717, 1.165) is 5.57 Å². The van der Waals surface area contributed by atoms with Gasteiger partial charge in [0.25, 0.3) is 0 Å². The molecule has 22 heavy (non-hydrogen) atoms. The molecule has 0 aliphatic heterocycles. The van der Waals surface area contributed by atoms with Gasteiger partial charge in [0.2, 0.25) is 0 Å². The van der Waals surface area contributed by atoms with Gasteiger partial charge in [0, 0.05) is 5.92 Å². The van der Waals surface area contributed by atoms with Crippen molar-refractivity contribution in [3.05, 3.63) is 36.0 Å². The fraction of sp³-hybridized carbons (Fsp3) is 0.667. The van der Waals surface area contributed by atoms with Gasteiger partial charge in [-0.2, -0.15) is 0 Å². The van der Waals surface area contributed by atoms with Gasteiger partial charge < -0.3 is 14.6 Å². The summed E-state index contributed by atoms with van der Waals surface area (Å²) in [5.41, 5.74) is 1.10. The van der Waals surface area contributed by atoms with Crippen molar-refractivity contribution < 1.29 is 14.6 Å². The molecule has 0 spiro atoms. The van der Waals surface area contributed by atoms with Gasteiger partial charge in [0.15, 0.2) is 8.32 Å². The van der Waals surface area contributed by atoms with Crippen LogP contribution in [-0.4, -0.2) is 37.8 Å². The van der Waals surface area contributed by atoms with E-state index >= 15 is 0 Å². The van der Waals surface area contributed by atoms with Gasteiger partial charge in [0.05, 0.1) is 19.3 Å². The van der Waals surface area contributed by atoms with Crippen molar-refractivity contribution >= 4 is 8.32 Å². The highest BCUT2D eigenvalue weighted by molar-refractivity contribution is 6.74. The van der Waals surface area contributed by atoms with Crippen LogP contribution in [0.2, 0.25) is 18.1 Å². The molecule has 0 aliphatic carbocycles. The van der Waals surface area contributed by atoms with Gasteiger partial charge in [-0.05, 0) is 25.1 Å². The molecule has 0 aromatic heterocycles. The molecule has 0 heterocycles. The number of hydrogen-bond acceptors (Lipinski definition) is 3. The average molecular weight is 327 g/mol. The van der Waals surface area contributed by atoms with E-state index in [2.05, 4.69) is 46.9 Å². The lowest BCUT2D eigenvalue weighted by Crippen LogP contribution is -2.44. The monoisotopic (exact) mass is 326 g/mol. The highest BCUT2D eigenvalue weighted by atomic mass is 28.4. The van der Waals surface area contributed by atoms with E-state index in [-0.39, 0.29) is 30.3 Å². The SMILES string of the molecule is CC(/C=C/CO)=C\[C@H](C)[C@H](/C=C/CO)O[Si](C)(C)C(C)(C)C. The predicted molar refractivity (Wildman–Crippen MR) is 97.4 cm³/mol.